The van der Waals surface area contributed by atoms with Gasteiger partial charge in [0, 0.05) is 18.8 Å². The quantitative estimate of drug-likeness (QED) is 0.753. The van der Waals surface area contributed by atoms with E-state index < -0.39 is 0 Å². The predicted octanol–water partition coefficient (Wildman–Crippen LogP) is 1.53. The summed E-state index contributed by atoms with van der Waals surface area (Å²) in [5.41, 5.74) is 2.35. The van der Waals surface area contributed by atoms with E-state index in [9.17, 15) is 4.79 Å². The van der Waals surface area contributed by atoms with Crippen molar-refractivity contribution in [3.05, 3.63) is 29.8 Å². The molecule has 0 spiro atoms. The van der Waals surface area contributed by atoms with Crippen LogP contribution in [0.2, 0.25) is 0 Å². The molecule has 4 nitrogen and oxygen atoms in total. The second-order valence-electron chi connectivity index (χ2n) is 5.21. The van der Waals surface area contributed by atoms with Crippen LogP contribution in [-0.4, -0.2) is 31.6 Å². The minimum Gasteiger partial charge on any atom is -0.388 e. The smallest absolute Gasteiger partial charge is 0.237 e. The summed E-state index contributed by atoms with van der Waals surface area (Å²) in [6, 6.07) is 8.49. The lowest BCUT2D eigenvalue weighted by Gasteiger charge is -2.17. The molecule has 0 aromatic heterocycles. The van der Waals surface area contributed by atoms with Gasteiger partial charge in [0.2, 0.25) is 5.91 Å². The molecule has 0 aliphatic carbocycles. The lowest BCUT2D eigenvalue weighted by molar-refractivity contribution is -0.123. The van der Waals surface area contributed by atoms with Crippen LogP contribution >= 0.6 is 0 Å². The fourth-order valence-electron chi connectivity index (χ4n) is 2.46. The van der Waals surface area contributed by atoms with E-state index in [1.807, 2.05) is 7.05 Å². The second-order valence-corrected chi connectivity index (χ2v) is 5.21. The van der Waals surface area contributed by atoms with Gasteiger partial charge in [-0.1, -0.05) is 12.1 Å². The number of carbonyl (C=O) groups excluding carboxylic acids is 1. The van der Waals surface area contributed by atoms with Gasteiger partial charge in [0.15, 0.2) is 0 Å². The van der Waals surface area contributed by atoms with Crippen molar-refractivity contribution in [1.82, 2.24) is 10.6 Å². The molecule has 1 fully saturated rings. The molecule has 0 bridgehead atoms. The van der Waals surface area contributed by atoms with Crippen molar-refractivity contribution in [2.45, 2.75) is 38.3 Å². The number of rotatable bonds is 5. The maximum absolute atomic E-state index is 12.0. The zero-order valence-corrected chi connectivity index (χ0v) is 11.7. The third-order valence-corrected chi connectivity index (χ3v) is 3.55. The monoisotopic (exact) mass is 261 g/mol. The lowest BCUT2D eigenvalue weighted by Crippen LogP contribution is -2.44. The highest BCUT2D eigenvalue weighted by molar-refractivity contribution is 5.82. The average molecular weight is 261 g/mol. The van der Waals surface area contributed by atoms with E-state index in [-0.39, 0.29) is 18.0 Å². The zero-order valence-electron chi connectivity index (χ0n) is 11.7. The summed E-state index contributed by atoms with van der Waals surface area (Å²) in [6.45, 7) is 3.01. The number of amides is 1. The molecule has 2 unspecified atom stereocenters. The maximum atomic E-state index is 12.0. The topological polar surface area (TPSA) is 53.2 Å². The number of hydrogen-bond acceptors (Lipinski definition) is 3. The van der Waals surface area contributed by atoms with Crippen LogP contribution in [-0.2, 0) is 11.2 Å². The highest BCUT2D eigenvalue weighted by Crippen LogP contribution is 2.11. The third-order valence-electron chi connectivity index (χ3n) is 3.55. The minimum atomic E-state index is 0.00844. The molecule has 1 aliphatic heterocycles. The Hall–Kier alpha value is -1.55. The summed E-state index contributed by atoms with van der Waals surface area (Å²) in [6.07, 6.45) is 2.91. The molecular formula is C15H23N3O. The minimum absolute atomic E-state index is 0.00844. The molecule has 4 heteroatoms. The summed E-state index contributed by atoms with van der Waals surface area (Å²) in [5.74, 6) is 0.136. The Labute approximate surface area is 115 Å². The normalized spacial score (nSPS) is 20.0. The van der Waals surface area contributed by atoms with Gasteiger partial charge in [-0.05, 0) is 50.4 Å². The van der Waals surface area contributed by atoms with Gasteiger partial charge in [0.1, 0.15) is 0 Å². The van der Waals surface area contributed by atoms with Gasteiger partial charge in [-0.15, -0.1) is 0 Å². The maximum Gasteiger partial charge on any atom is 0.237 e. The van der Waals surface area contributed by atoms with Crippen LogP contribution in [0, 0.1) is 0 Å². The van der Waals surface area contributed by atoms with Crippen molar-refractivity contribution < 1.29 is 4.79 Å². The summed E-state index contributed by atoms with van der Waals surface area (Å²) >= 11 is 0. The summed E-state index contributed by atoms with van der Waals surface area (Å²) in [7, 11) is 1.91. The molecule has 1 aliphatic rings. The summed E-state index contributed by atoms with van der Waals surface area (Å²) < 4.78 is 0. The van der Waals surface area contributed by atoms with Gasteiger partial charge < -0.3 is 16.0 Å². The first-order valence-electron chi connectivity index (χ1n) is 6.99. The highest BCUT2D eigenvalue weighted by Gasteiger charge is 2.22. The lowest BCUT2D eigenvalue weighted by atomic mass is 10.1. The van der Waals surface area contributed by atoms with Crippen LogP contribution in [0.1, 0.15) is 25.3 Å². The molecule has 0 saturated carbocycles. The van der Waals surface area contributed by atoms with E-state index >= 15 is 0 Å². The number of benzene rings is 1. The van der Waals surface area contributed by atoms with Gasteiger partial charge in [0.25, 0.3) is 0 Å². The predicted molar refractivity (Wildman–Crippen MR) is 78.3 cm³/mol. The van der Waals surface area contributed by atoms with Gasteiger partial charge in [-0.3, -0.25) is 4.79 Å². The fourth-order valence-corrected chi connectivity index (χ4v) is 2.46. The Morgan fingerprint density at radius 2 is 2.16 bits per heavy atom. The Morgan fingerprint density at radius 3 is 2.74 bits per heavy atom. The molecule has 1 aromatic carbocycles. The van der Waals surface area contributed by atoms with Crippen molar-refractivity contribution in [3.63, 3.8) is 0 Å². The first-order chi connectivity index (χ1) is 9.19. The Morgan fingerprint density at radius 1 is 1.42 bits per heavy atom. The van der Waals surface area contributed by atoms with Crippen molar-refractivity contribution in [1.29, 1.82) is 0 Å². The van der Waals surface area contributed by atoms with E-state index in [1.165, 1.54) is 5.56 Å². The van der Waals surface area contributed by atoms with E-state index in [4.69, 9.17) is 0 Å². The van der Waals surface area contributed by atoms with Crippen LogP contribution in [0.3, 0.4) is 0 Å². The SMILES string of the molecule is CNc1ccc(CC(C)NC(=O)C2CCCN2)cc1. The van der Waals surface area contributed by atoms with Gasteiger partial charge in [-0.25, -0.2) is 0 Å². The molecule has 19 heavy (non-hydrogen) atoms. The first kappa shape index (κ1) is 13.9. The first-order valence-corrected chi connectivity index (χ1v) is 6.99. The fraction of sp³-hybridized carbons (Fsp3) is 0.533. The average Bonchev–Trinajstić information content (AvgIpc) is 2.93. The highest BCUT2D eigenvalue weighted by atomic mass is 16.2. The molecule has 3 N–H and O–H groups in total. The molecule has 2 atom stereocenters. The molecule has 2 rings (SSSR count). The Balaban J connectivity index is 1.82. The third kappa shape index (κ3) is 3.96. The van der Waals surface area contributed by atoms with Crippen molar-refractivity contribution in [3.8, 4) is 0 Å². The largest absolute Gasteiger partial charge is 0.388 e. The summed E-state index contributed by atoms with van der Waals surface area (Å²) in [4.78, 5) is 12.0. The molecule has 0 radical (unpaired) electrons. The Bertz CT molecular complexity index is 410. The van der Waals surface area contributed by atoms with Crippen LogP contribution < -0.4 is 16.0 Å². The number of nitrogens with one attached hydrogen (secondary N) is 3. The zero-order chi connectivity index (χ0) is 13.7. The van der Waals surface area contributed by atoms with E-state index in [1.54, 1.807) is 0 Å². The van der Waals surface area contributed by atoms with E-state index in [0.717, 1.165) is 31.5 Å². The molecule has 1 amide bonds. The van der Waals surface area contributed by atoms with Crippen LogP contribution in [0.25, 0.3) is 0 Å². The van der Waals surface area contributed by atoms with Crippen LogP contribution in [0.5, 0.6) is 0 Å². The van der Waals surface area contributed by atoms with Gasteiger partial charge in [-0.2, -0.15) is 0 Å². The molecular weight excluding hydrogens is 238 g/mol. The molecule has 1 saturated heterocycles. The summed E-state index contributed by atoms with van der Waals surface area (Å²) in [5, 5.41) is 9.40. The van der Waals surface area contributed by atoms with Crippen molar-refractivity contribution in [2.24, 2.45) is 0 Å². The Kier molecular flexibility index (Phi) is 4.80. The molecule has 1 heterocycles. The van der Waals surface area contributed by atoms with E-state index in [0.29, 0.717) is 0 Å². The van der Waals surface area contributed by atoms with Crippen LogP contribution in [0.15, 0.2) is 24.3 Å². The number of carbonyl (C=O) groups is 1. The van der Waals surface area contributed by atoms with Gasteiger partial charge in [0.05, 0.1) is 6.04 Å². The van der Waals surface area contributed by atoms with Crippen molar-refractivity contribution in [2.75, 3.05) is 18.9 Å². The second kappa shape index (κ2) is 6.57. The van der Waals surface area contributed by atoms with Crippen molar-refractivity contribution >= 4 is 11.6 Å². The molecule has 104 valence electrons. The number of anilines is 1. The number of hydrogen-bond donors (Lipinski definition) is 3. The standard InChI is InChI=1S/C15H23N3O/c1-11(18-15(19)14-4-3-9-17-14)10-12-5-7-13(16-2)8-6-12/h5-8,11,14,16-17H,3-4,9-10H2,1-2H3,(H,18,19). The van der Waals surface area contributed by atoms with Crippen LogP contribution in [0.4, 0.5) is 5.69 Å². The van der Waals surface area contributed by atoms with E-state index in [2.05, 4.69) is 47.1 Å². The van der Waals surface area contributed by atoms with Gasteiger partial charge >= 0.3 is 0 Å². The molecule has 1 aromatic rings.